The summed E-state index contributed by atoms with van der Waals surface area (Å²) in [5.41, 5.74) is 3.43. The Labute approximate surface area is 178 Å². The van der Waals surface area contributed by atoms with Gasteiger partial charge in [0.05, 0.1) is 0 Å². The lowest BCUT2D eigenvalue weighted by Crippen LogP contribution is -2.39. The smallest absolute Gasteiger partial charge is 0.222 e. The fraction of sp³-hybridized carbons (Fsp3) is 0.542. The van der Waals surface area contributed by atoms with E-state index in [1.807, 2.05) is 4.90 Å². The molecule has 1 saturated heterocycles. The van der Waals surface area contributed by atoms with Gasteiger partial charge in [-0.3, -0.25) is 4.79 Å². The predicted molar refractivity (Wildman–Crippen MR) is 116 cm³/mol. The molecule has 160 valence electrons. The monoisotopic (exact) mass is 410 g/mol. The molecule has 1 fully saturated rings. The number of anilines is 1. The van der Waals surface area contributed by atoms with Crippen LogP contribution in [-0.2, 0) is 17.6 Å². The van der Waals surface area contributed by atoms with Crippen molar-refractivity contribution in [2.45, 2.75) is 57.8 Å². The van der Waals surface area contributed by atoms with Crippen LogP contribution in [0.5, 0.6) is 0 Å². The van der Waals surface area contributed by atoms with Gasteiger partial charge in [-0.25, -0.2) is 14.4 Å². The van der Waals surface area contributed by atoms with E-state index in [2.05, 4.69) is 18.9 Å². The van der Waals surface area contributed by atoms with Crippen LogP contribution in [0.4, 0.5) is 10.2 Å². The van der Waals surface area contributed by atoms with Gasteiger partial charge < -0.3 is 9.80 Å². The van der Waals surface area contributed by atoms with E-state index in [9.17, 15) is 9.18 Å². The first-order valence-electron chi connectivity index (χ1n) is 11.1. The highest BCUT2D eigenvalue weighted by Crippen LogP contribution is 2.31. The summed E-state index contributed by atoms with van der Waals surface area (Å²) in [5, 5.41) is 0. The Morgan fingerprint density at radius 2 is 1.97 bits per heavy atom. The molecule has 1 aromatic heterocycles. The molecule has 4 rings (SSSR count). The highest BCUT2D eigenvalue weighted by atomic mass is 19.1. The lowest BCUT2D eigenvalue weighted by molar-refractivity contribution is -0.132. The second-order valence-electron chi connectivity index (χ2n) is 8.65. The maximum absolute atomic E-state index is 13.0. The maximum atomic E-state index is 13.0. The van der Waals surface area contributed by atoms with E-state index in [0.717, 1.165) is 74.5 Å². The Morgan fingerprint density at radius 1 is 1.17 bits per heavy atom. The third kappa shape index (κ3) is 4.63. The molecule has 1 aromatic carbocycles. The van der Waals surface area contributed by atoms with Gasteiger partial charge in [-0.2, -0.15) is 0 Å². The number of hydrogen-bond acceptors (Lipinski definition) is 4. The zero-order chi connectivity index (χ0) is 21.1. The molecule has 6 heteroatoms. The molecular weight excluding hydrogens is 379 g/mol. The fourth-order valence-corrected chi connectivity index (χ4v) is 4.66. The normalized spacial score (nSPS) is 19.0. The van der Waals surface area contributed by atoms with Gasteiger partial charge in [0.25, 0.3) is 0 Å². The van der Waals surface area contributed by atoms with E-state index < -0.39 is 0 Å². The molecule has 5 nitrogen and oxygen atoms in total. The number of nitrogens with zero attached hydrogens (tertiary/aromatic N) is 4. The Bertz CT molecular complexity index is 899. The number of aryl methyl sites for hydroxylation is 2. The number of hydrogen-bond donors (Lipinski definition) is 0. The summed E-state index contributed by atoms with van der Waals surface area (Å²) in [6.45, 7) is 4.64. The number of fused-ring (bicyclic) bond motifs is 1. The standard InChI is InChI=1S/C24H31FN4O/c1-17-21-8-5-14-28(2)24(21)27-23(26-17)19-7-4-15-29(16-19)22(30)9-3-6-18-10-12-20(25)13-11-18/h10-13,19H,3-9,14-16H2,1-2H3. The number of amides is 1. The molecule has 2 aliphatic rings. The van der Waals surface area contributed by atoms with Crippen molar-refractivity contribution in [1.82, 2.24) is 14.9 Å². The van der Waals surface area contributed by atoms with E-state index in [1.165, 1.54) is 17.7 Å². The van der Waals surface area contributed by atoms with Gasteiger partial charge >= 0.3 is 0 Å². The van der Waals surface area contributed by atoms with Crippen molar-refractivity contribution in [3.05, 3.63) is 52.7 Å². The van der Waals surface area contributed by atoms with Crippen LogP contribution < -0.4 is 4.90 Å². The van der Waals surface area contributed by atoms with Crippen LogP contribution in [0, 0.1) is 12.7 Å². The number of piperidine rings is 1. The SMILES string of the molecule is Cc1nc(C2CCCN(C(=O)CCCc3ccc(F)cc3)C2)nc2c1CCCN2C. The zero-order valence-corrected chi connectivity index (χ0v) is 18.0. The maximum Gasteiger partial charge on any atom is 0.222 e. The third-order valence-electron chi connectivity index (χ3n) is 6.40. The minimum Gasteiger partial charge on any atom is -0.359 e. The van der Waals surface area contributed by atoms with Crippen LogP contribution in [0.2, 0.25) is 0 Å². The van der Waals surface area contributed by atoms with Crippen molar-refractivity contribution in [2.75, 3.05) is 31.6 Å². The van der Waals surface area contributed by atoms with Crippen molar-refractivity contribution in [3.63, 3.8) is 0 Å². The van der Waals surface area contributed by atoms with E-state index in [4.69, 9.17) is 9.97 Å². The number of halogens is 1. The Balaban J connectivity index is 1.37. The zero-order valence-electron chi connectivity index (χ0n) is 18.0. The molecule has 0 saturated carbocycles. The van der Waals surface area contributed by atoms with Crippen molar-refractivity contribution in [3.8, 4) is 0 Å². The summed E-state index contributed by atoms with van der Waals surface area (Å²) in [4.78, 5) is 26.8. The molecule has 0 N–H and O–H groups in total. The highest BCUT2D eigenvalue weighted by molar-refractivity contribution is 5.76. The minimum absolute atomic E-state index is 0.202. The first kappa shape index (κ1) is 20.8. The largest absolute Gasteiger partial charge is 0.359 e. The second-order valence-corrected chi connectivity index (χ2v) is 8.65. The van der Waals surface area contributed by atoms with Crippen LogP contribution in [0.25, 0.3) is 0 Å². The van der Waals surface area contributed by atoms with Gasteiger partial charge in [-0.05, 0) is 63.1 Å². The Hall–Kier alpha value is -2.50. The van der Waals surface area contributed by atoms with Gasteiger partial charge in [0.2, 0.25) is 5.91 Å². The number of carbonyl (C=O) groups excluding carboxylic acids is 1. The molecule has 1 atom stereocenters. The number of benzene rings is 1. The summed E-state index contributed by atoms with van der Waals surface area (Å²) in [7, 11) is 2.10. The molecule has 0 bridgehead atoms. The lowest BCUT2D eigenvalue weighted by Gasteiger charge is -2.33. The molecule has 3 heterocycles. The second kappa shape index (κ2) is 9.11. The van der Waals surface area contributed by atoms with E-state index >= 15 is 0 Å². The first-order chi connectivity index (χ1) is 14.5. The number of aromatic nitrogens is 2. The van der Waals surface area contributed by atoms with Gasteiger partial charge in [-0.1, -0.05) is 12.1 Å². The quantitative estimate of drug-likeness (QED) is 0.747. The number of rotatable bonds is 5. The van der Waals surface area contributed by atoms with Crippen molar-refractivity contribution < 1.29 is 9.18 Å². The topological polar surface area (TPSA) is 49.3 Å². The molecule has 0 spiro atoms. The molecule has 2 aromatic rings. The summed E-state index contributed by atoms with van der Waals surface area (Å²) >= 11 is 0. The van der Waals surface area contributed by atoms with Crippen LogP contribution in [0.3, 0.4) is 0 Å². The molecule has 0 aliphatic carbocycles. The summed E-state index contributed by atoms with van der Waals surface area (Å²) < 4.78 is 13.0. The van der Waals surface area contributed by atoms with Crippen LogP contribution >= 0.6 is 0 Å². The predicted octanol–water partition coefficient (Wildman–Crippen LogP) is 4.04. The fourth-order valence-electron chi connectivity index (χ4n) is 4.66. The number of carbonyl (C=O) groups is 1. The van der Waals surface area contributed by atoms with Crippen LogP contribution in [-0.4, -0.2) is 47.5 Å². The summed E-state index contributed by atoms with van der Waals surface area (Å²) in [5.74, 6) is 2.16. The molecule has 2 aliphatic heterocycles. The van der Waals surface area contributed by atoms with Gasteiger partial charge in [0, 0.05) is 50.3 Å². The average Bonchev–Trinajstić information content (AvgIpc) is 2.76. The van der Waals surface area contributed by atoms with Gasteiger partial charge in [0.15, 0.2) is 0 Å². The lowest BCUT2D eigenvalue weighted by atomic mass is 9.95. The Morgan fingerprint density at radius 3 is 2.77 bits per heavy atom. The molecule has 1 unspecified atom stereocenters. The molecule has 30 heavy (non-hydrogen) atoms. The average molecular weight is 411 g/mol. The van der Waals surface area contributed by atoms with E-state index in [-0.39, 0.29) is 17.6 Å². The minimum atomic E-state index is -0.222. The summed E-state index contributed by atoms with van der Waals surface area (Å²) in [6.07, 6.45) is 6.32. The van der Waals surface area contributed by atoms with Crippen molar-refractivity contribution >= 4 is 11.7 Å². The van der Waals surface area contributed by atoms with Gasteiger partial charge in [0.1, 0.15) is 17.5 Å². The van der Waals surface area contributed by atoms with Crippen molar-refractivity contribution in [2.24, 2.45) is 0 Å². The van der Waals surface area contributed by atoms with E-state index in [1.54, 1.807) is 12.1 Å². The number of likely N-dealkylation sites (tertiary alicyclic amines) is 1. The summed E-state index contributed by atoms with van der Waals surface area (Å²) in [6, 6.07) is 6.54. The van der Waals surface area contributed by atoms with Crippen LogP contribution in [0.15, 0.2) is 24.3 Å². The van der Waals surface area contributed by atoms with E-state index in [0.29, 0.717) is 13.0 Å². The third-order valence-corrected chi connectivity index (χ3v) is 6.40. The molecule has 0 radical (unpaired) electrons. The van der Waals surface area contributed by atoms with Gasteiger partial charge in [-0.15, -0.1) is 0 Å². The molecule has 1 amide bonds. The highest BCUT2D eigenvalue weighted by Gasteiger charge is 2.28. The van der Waals surface area contributed by atoms with Crippen LogP contribution in [0.1, 0.15) is 60.7 Å². The first-order valence-corrected chi connectivity index (χ1v) is 11.1. The molecular formula is C24H31FN4O. The Kier molecular flexibility index (Phi) is 6.30. The van der Waals surface area contributed by atoms with Crippen molar-refractivity contribution in [1.29, 1.82) is 0 Å².